The topological polar surface area (TPSA) is 70.8 Å². The Morgan fingerprint density at radius 1 is 1.00 bits per heavy atom. The summed E-state index contributed by atoms with van der Waals surface area (Å²) in [4.78, 5) is 16.7. The van der Waals surface area contributed by atoms with E-state index in [1.54, 1.807) is 43.3 Å². The molecule has 0 N–H and O–H groups in total. The van der Waals surface area contributed by atoms with Crippen LogP contribution in [0.2, 0.25) is 0 Å². The Morgan fingerprint density at radius 2 is 1.68 bits per heavy atom. The van der Waals surface area contributed by atoms with Crippen LogP contribution in [0.3, 0.4) is 0 Å². The van der Waals surface area contributed by atoms with Crippen LogP contribution in [0.5, 0.6) is 17.2 Å². The monoisotopic (exact) mass is 341 g/mol. The minimum absolute atomic E-state index is 0.353. The van der Waals surface area contributed by atoms with E-state index in [0.717, 1.165) is 0 Å². The molecular formula is C19H19NO5. The maximum absolute atomic E-state index is 12.5. The lowest BCUT2D eigenvalue weighted by Gasteiger charge is -2.10. The highest BCUT2D eigenvalue weighted by Crippen LogP contribution is 2.26. The van der Waals surface area contributed by atoms with Crippen molar-refractivity contribution in [3.8, 4) is 17.2 Å². The summed E-state index contributed by atoms with van der Waals surface area (Å²) >= 11 is 0. The summed E-state index contributed by atoms with van der Waals surface area (Å²) in [6, 6.07) is 10.1. The van der Waals surface area contributed by atoms with Crippen LogP contribution in [0.15, 0.2) is 40.8 Å². The zero-order valence-corrected chi connectivity index (χ0v) is 14.4. The Labute approximate surface area is 145 Å². The molecule has 0 aliphatic carbocycles. The first kappa shape index (κ1) is 16.8. The van der Waals surface area contributed by atoms with Gasteiger partial charge < -0.3 is 18.6 Å². The van der Waals surface area contributed by atoms with Gasteiger partial charge in [0, 0.05) is 19.1 Å². The maximum Gasteiger partial charge on any atom is 0.343 e. The number of oxazole rings is 1. The third-order valence-corrected chi connectivity index (χ3v) is 3.41. The number of nitrogens with zero attached hydrogens (tertiary/aromatic N) is 1. The summed E-state index contributed by atoms with van der Waals surface area (Å²) in [7, 11) is 0. The number of benzene rings is 2. The number of carbonyl (C=O) groups excluding carboxylic acids is 1. The average molecular weight is 341 g/mol. The average Bonchev–Trinajstić information content (AvgIpc) is 2.94. The molecule has 0 fully saturated rings. The van der Waals surface area contributed by atoms with Crippen molar-refractivity contribution >= 4 is 17.1 Å². The lowest BCUT2D eigenvalue weighted by molar-refractivity contribution is 0.0734. The highest BCUT2D eigenvalue weighted by Gasteiger charge is 2.14. The molecule has 0 bridgehead atoms. The molecule has 130 valence electrons. The fraction of sp³-hybridized carbons (Fsp3) is 0.263. The molecule has 25 heavy (non-hydrogen) atoms. The van der Waals surface area contributed by atoms with Crippen LogP contribution in [0.4, 0.5) is 0 Å². The highest BCUT2D eigenvalue weighted by molar-refractivity contribution is 5.92. The van der Waals surface area contributed by atoms with Gasteiger partial charge in [-0.15, -0.1) is 0 Å². The van der Waals surface area contributed by atoms with Crippen molar-refractivity contribution in [2.45, 2.75) is 20.8 Å². The van der Waals surface area contributed by atoms with Gasteiger partial charge in [0.25, 0.3) is 0 Å². The van der Waals surface area contributed by atoms with Gasteiger partial charge in [0.1, 0.15) is 22.8 Å². The molecule has 0 radical (unpaired) electrons. The van der Waals surface area contributed by atoms with E-state index >= 15 is 0 Å². The number of fused-ring (bicyclic) bond motifs is 1. The molecule has 3 aromatic rings. The molecule has 1 aromatic heterocycles. The van der Waals surface area contributed by atoms with E-state index in [9.17, 15) is 4.79 Å². The molecule has 0 spiro atoms. The molecule has 1 heterocycles. The van der Waals surface area contributed by atoms with E-state index in [2.05, 4.69) is 4.98 Å². The number of hydrogen-bond donors (Lipinski definition) is 0. The molecule has 0 amide bonds. The van der Waals surface area contributed by atoms with E-state index in [1.807, 2.05) is 13.8 Å². The van der Waals surface area contributed by atoms with Gasteiger partial charge in [-0.3, -0.25) is 0 Å². The van der Waals surface area contributed by atoms with E-state index in [-0.39, 0.29) is 0 Å². The largest absolute Gasteiger partial charge is 0.494 e. The fourth-order valence-electron chi connectivity index (χ4n) is 2.44. The molecule has 0 saturated carbocycles. The fourth-order valence-corrected chi connectivity index (χ4v) is 2.44. The SMILES string of the molecule is CCOc1cc(OCC)cc(C(=O)Oc2ccc3oc(C)nc3c2)c1. The summed E-state index contributed by atoms with van der Waals surface area (Å²) in [6.45, 7) is 6.50. The molecule has 0 saturated heterocycles. The molecule has 0 atom stereocenters. The third kappa shape index (κ3) is 3.91. The lowest BCUT2D eigenvalue weighted by Crippen LogP contribution is -2.09. The summed E-state index contributed by atoms with van der Waals surface area (Å²) in [5.74, 6) is 1.57. The second kappa shape index (κ2) is 7.25. The number of rotatable bonds is 6. The van der Waals surface area contributed by atoms with Crippen LogP contribution in [-0.4, -0.2) is 24.2 Å². The molecule has 0 aliphatic rings. The summed E-state index contributed by atoms with van der Waals surface area (Å²) in [6.07, 6.45) is 0. The van der Waals surface area contributed by atoms with E-state index in [0.29, 0.717) is 53.0 Å². The Morgan fingerprint density at radius 3 is 2.32 bits per heavy atom. The van der Waals surface area contributed by atoms with Gasteiger partial charge in [-0.25, -0.2) is 9.78 Å². The minimum atomic E-state index is -0.498. The first-order valence-corrected chi connectivity index (χ1v) is 8.09. The molecule has 0 unspecified atom stereocenters. The molecule has 6 nitrogen and oxygen atoms in total. The van der Waals surface area contributed by atoms with Gasteiger partial charge in [0.15, 0.2) is 11.5 Å². The van der Waals surface area contributed by atoms with E-state index < -0.39 is 5.97 Å². The summed E-state index contributed by atoms with van der Waals surface area (Å²) in [5, 5.41) is 0. The van der Waals surface area contributed by atoms with Crippen LogP contribution in [0.1, 0.15) is 30.1 Å². The van der Waals surface area contributed by atoms with Gasteiger partial charge in [-0.05, 0) is 38.1 Å². The zero-order valence-electron chi connectivity index (χ0n) is 14.4. The molecule has 3 rings (SSSR count). The molecule has 6 heteroatoms. The number of aromatic nitrogens is 1. The van der Waals surface area contributed by atoms with Gasteiger partial charge in [0.05, 0.1) is 18.8 Å². The maximum atomic E-state index is 12.5. The first-order chi connectivity index (χ1) is 12.1. The van der Waals surface area contributed by atoms with Crippen LogP contribution in [0, 0.1) is 6.92 Å². The van der Waals surface area contributed by atoms with Crippen molar-refractivity contribution in [3.63, 3.8) is 0 Å². The Kier molecular flexibility index (Phi) is 4.88. The van der Waals surface area contributed by atoms with E-state index in [4.69, 9.17) is 18.6 Å². The second-order valence-corrected chi connectivity index (χ2v) is 5.31. The van der Waals surface area contributed by atoms with E-state index in [1.165, 1.54) is 0 Å². The van der Waals surface area contributed by atoms with Gasteiger partial charge in [0.2, 0.25) is 0 Å². The summed E-state index contributed by atoms with van der Waals surface area (Å²) < 4.78 is 21.8. The molecule has 2 aromatic carbocycles. The predicted molar refractivity (Wildman–Crippen MR) is 92.5 cm³/mol. The number of aryl methyl sites for hydroxylation is 1. The Bertz CT molecular complexity index is 876. The van der Waals surface area contributed by atoms with Gasteiger partial charge in [-0.2, -0.15) is 0 Å². The second-order valence-electron chi connectivity index (χ2n) is 5.31. The van der Waals surface area contributed by atoms with Crippen LogP contribution >= 0.6 is 0 Å². The Hall–Kier alpha value is -3.02. The van der Waals surface area contributed by atoms with Crippen LogP contribution in [-0.2, 0) is 0 Å². The number of ether oxygens (including phenoxy) is 3. The quantitative estimate of drug-likeness (QED) is 0.495. The number of carbonyl (C=O) groups is 1. The van der Waals surface area contributed by atoms with Crippen molar-refractivity contribution in [3.05, 3.63) is 47.9 Å². The Balaban J connectivity index is 1.85. The predicted octanol–water partition coefficient (Wildman–Crippen LogP) is 4.15. The normalized spacial score (nSPS) is 10.7. The van der Waals surface area contributed by atoms with Gasteiger partial charge in [-0.1, -0.05) is 0 Å². The van der Waals surface area contributed by atoms with Crippen molar-refractivity contribution in [1.82, 2.24) is 4.98 Å². The summed E-state index contributed by atoms with van der Waals surface area (Å²) in [5.41, 5.74) is 1.64. The van der Waals surface area contributed by atoms with Crippen LogP contribution < -0.4 is 14.2 Å². The van der Waals surface area contributed by atoms with Crippen molar-refractivity contribution in [2.24, 2.45) is 0 Å². The van der Waals surface area contributed by atoms with Crippen molar-refractivity contribution in [1.29, 1.82) is 0 Å². The number of hydrogen-bond acceptors (Lipinski definition) is 6. The zero-order chi connectivity index (χ0) is 17.8. The first-order valence-electron chi connectivity index (χ1n) is 8.09. The van der Waals surface area contributed by atoms with Crippen molar-refractivity contribution in [2.75, 3.05) is 13.2 Å². The molecular weight excluding hydrogens is 322 g/mol. The third-order valence-electron chi connectivity index (χ3n) is 3.41. The standard InChI is InChI=1S/C19H19NO5/c1-4-22-15-8-13(9-16(10-15)23-5-2)19(21)25-14-6-7-18-17(11-14)20-12(3)24-18/h6-11H,4-5H2,1-3H3. The smallest absolute Gasteiger partial charge is 0.343 e. The highest BCUT2D eigenvalue weighted by atomic mass is 16.5. The van der Waals surface area contributed by atoms with Crippen molar-refractivity contribution < 1.29 is 23.4 Å². The number of esters is 1. The molecule has 0 aliphatic heterocycles. The minimum Gasteiger partial charge on any atom is -0.494 e. The van der Waals surface area contributed by atoms with Gasteiger partial charge >= 0.3 is 5.97 Å². The van der Waals surface area contributed by atoms with Crippen LogP contribution in [0.25, 0.3) is 11.1 Å². The lowest BCUT2D eigenvalue weighted by atomic mass is 10.2.